The highest BCUT2D eigenvalue weighted by molar-refractivity contribution is 7.21. The van der Waals surface area contributed by atoms with Gasteiger partial charge in [-0.2, -0.15) is 0 Å². The summed E-state index contributed by atoms with van der Waals surface area (Å²) < 4.78 is 0. The van der Waals surface area contributed by atoms with E-state index in [4.69, 9.17) is 0 Å². The third-order valence-electron chi connectivity index (χ3n) is 5.34. The van der Waals surface area contributed by atoms with Crippen LogP contribution in [0, 0.1) is 6.92 Å². The second kappa shape index (κ2) is 8.73. The molecule has 5 rings (SSSR count). The zero-order valence-corrected chi connectivity index (χ0v) is 18.4. The van der Waals surface area contributed by atoms with E-state index in [0.717, 1.165) is 43.3 Å². The Balaban J connectivity index is 1.27. The summed E-state index contributed by atoms with van der Waals surface area (Å²) in [6.07, 6.45) is 2.11. The van der Waals surface area contributed by atoms with Gasteiger partial charge in [0.2, 0.25) is 5.91 Å². The first-order valence-electron chi connectivity index (χ1n) is 10.4. The molecule has 2 aromatic heterocycles. The number of nitrogens with one attached hydrogen (secondary N) is 1. The van der Waals surface area contributed by atoms with Gasteiger partial charge in [-0.15, -0.1) is 0 Å². The normalized spacial score (nSPS) is 10.9. The number of hydrogen-bond acceptors (Lipinski definition) is 4. The Morgan fingerprint density at radius 1 is 0.875 bits per heavy atom. The summed E-state index contributed by atoms with van der Waals surface area (Å²) in [6.45, 7) is 2.00. The molecule has 0 saturated carbocycles. The van der Waals surface area contributed by atoms with Crippen molar-refractivity contribution in [2.45, 2.75) is 13.3 Å². The van der Waals surface area contributed by atoms with Gasteiger partial charge in [-0.3, -0.25) is 4.79 Å². The van der Waals surface area contributed by atoms with Gasteiger partial charge in [0.1, 0.15) is 15.4 Å². The maximum atomic E-state index is 12.6. The average Bonchev–Trinajstić information content (AvgIpc) is 3.26. The summed E-state index contributed by atoms with van der Waals surface area (Å²) in [5.74, 6) is -0.0301. The molecule has 0 fully saturated rings. The lowest BCUT2D eigenvalue weighted by molar-refractivity contribution is -0.115. The number of nitrogens with zero attached hydrogens (tertiary/aromatic N) is 2. The zero-order chi connectivity index (χ0) is 21.9. The lowest BCUT2D eigenvalue weighted by Crippen LogP contribution is -2.15. The van der Waals surface area contributed by atoms with Crippen LogP contribution in [0.1, 0.15) is 11.1 Å². The fourth-order valence-electron chi connectivity index (χ4n) is 3.66. The van der Waals surface area contributed by atoms with Gasteiger partial charge in [0.15, 0.2) is 0 Å². The van der Waals surface area contributed by atoms with Crippen molar-refractivity contribution >= 4 is 33.3 Å². The first-order chi connectivity index (χ1) is 15.7. The first kappa shape index (κ1) is 20.1. The number of pyridine rings is 1. The number of carbonyl (C=O) groups is 1. The van der Waals surface area contributed by atoms with Crippen molar-refractivity contribution in [1.29, 1.82) is 0 Å². The van der Waals surface area contributed by atoms with Gasteiger partial charge in [-0.05, 0) is 59.5 Å². The van der Waals surface area contributed by atoms with Crippen molar-refractivity contribution in [1.82, 2.24) is 9.97 Å². The molecule has 0 saturated heterocycles. The van der Waals surface area contributed by atoms with Crippen LogP contribution in [0.15, 0.2) is 91.1 Å². The molecular formula is C27H21N3OS. The van der Waals surface area contributed by atoms with Crippen LogP contribution in [0.5, 0.6) is 0 Å². The summed E-state index contributed by atoms with van der Waals surface area (Å²) in [4.78, 5) is 22.6. The number of aryl methyl sites for hydroxylation is 1. The molecule has 5 heteroatoms. The van der Waals surface area contributed by atoms with E-state index in [2.05, 4.69) is 45.6 Å². The van der Waals surface area contributed by atoms with Crippen LogP contribution < -0.4 is 5.32 Å². The molecule has 5 aromatic rings. The van der Waals surface area contributed by atoms with Crippen molar-refractivity contribution < 1.29 is 4.79 Å². The number of fused-ring (bicyclic) bond motifs is 1. The standard InChI is InChI=1S/C27H21N3OS/c1-18-16-22(26-30-24-8-5-15-28-27(24)32-26)13-14-23(18)29-25(31)17-19-9-11-21(12-10-19)20-6-3-2-4-7-20/h2-16H,17H2,1H3,(H,29,31). The van der Waals surface area contributed by atoms with Crippen LogP contribution in [0.3, 0.4) is 0 Å². The Hall–Kier alpha value is -3.83. The molecule has 32 heavy (non-hydrogen) atoms. The van der Waals surface area contributed by atoms with E-state index in [1.807, 2.05) is 61.5 Å². The molecule has 0 bridgehead atoms. The largest absolute Gasteiger partial charge is 0.326 e. The summed E-state index contributed by atoms with van der Waals surface area (Å²) in [5.41, 5.74) is 7.05. The van der Waals surface area contributed by atoms with Crippen molar-refractivity contribution in [3.8, 4) is 21.7 Å². The van der Waals surface area contributed by atoms with Gasteiger partial charge < -0.3 is 5.32 Å². The molecule has 0 radical (unpaired) electrons. The van der Waals surface area contributed by atoms with Crippen LogP contribution in [-0.2, 0) is 11.2 Å². The third-order valence-corrected chi connectivity index (χ3v) is 6.37. The summed E-state index contributed by atoms with van der Waals surface area (Å²) in [7, 11) is 0. The Bertz CT molecular complexity index is 1360. The fraction of sp³-hybridized carbons (Fsp3) is 0.0741. The van der Waals surface area contributed by atoms with Gasteiger partial charge >= 0.3 is 0 Å². The summed E-state index contributed by atoms with van der Waals surface area (Å²) in [6, 6.07) is 28.2. The van der Waals surface area contributed by atoms with Crippen LogP contribution in [0.4, 0.5) is 5.69 Å². The van der Waals surface area contributed by atoms with Crippen molar-refractivity contribution in [3.05, 3.63) is 102 Å². The van der Waals surface area contributed by atoms with E-state index in [1.165, 1.54) is 5.56 Å². The maximum absolute atomic E-state index is 12.6. The number of hydrogen-bond donors (Lipinski definition) is 1. The predicted octanol–water partition coefficient (Wildman–Crippen LogP) is 6.51. The smallest absolute Gasteiger partial charge is 0.228 e. The topological polar surface area (TPSA) is 54.9 Å². The van der Waals surface area contributed by atoms with Crippen molar-refractivity contribution in [2.24, 2.45) is 0 Å². The second-order valence-electron chi connectivity index (χ2n) is 7.66. The Morgan fingerprint density at radius 3 is 2.38 bits per heavy atom. The van der Waals surface area contributed by atoms with E-state index in [0.29, 0.717) is 6.42 Å². The average molecular weight is 436 g/mol. The van der Waals surface area contributed by atoms with Crippen molar-refractivity contribution in [3.63, 3.8) is 0 Å². The molecule has 0 aliphatic heterocycles. The van der Waals surface area contributed by atoms with E-state index < -0.39 is 0 Å². The Labute approximate surface area is 190 Å². The minimum atomic E-state index is -0.0301. The monoisotopic (exact) mass is 435 g/mol. The molecule has 2 heterocycles. The lowest BCUT2D eigenvalue weighted by atomic mass is 10.0. The first-order valence-corrected chi connectivity index (χ1v) is 11.2. The van der Waals surface area contributed by atoms with E-state index in [9.17, 15) is 4.79 Å². The number of benzene rings is 3. The number of carbonyl (C=O) groups excluding carboxylic acids is 1. The molecule has 0 spiro atoms. The fourth-order valence-corrected chi connectivity index (χ4v) is 4.56. The van der Waals surface area contributed by atoms with Crippen LogP contribution in [-0.4, -0.2) is 15.9 Å². The number of amides is 1. The van der Waals surface area contributed by atoms with Crippen molar-refractivity contribution in [2.75, 3.05) is 5.32 Å². The quantitative estimate of drug-likeness (QED) is 0.342. The highest BCUT2D eigenvalue weighted by Gasteiger charge is 2.11. The highest BCUT2D eigenvalue weighted by atomic mass is 32.1. The molecule has 0 aliphatic carbocycles. The molecule has 3 aromatic carbocycles. The SMILES string of the molecule is Cc1cc(-c2nc3cccnc3s2)ccc1NC(=O)Cc1ccc(-c2ccccc2)cc1. The Morgan fingerprint density at radius 2 is 1.62 bits per heavy atom. The number of rotatable bonds is 5. The number of aromatic nitrogens is 2. The van der Waals surface area contributed by atoms with Crippen LogP contribution in [0.2, 0.25) is 0 Å². The van der Waals surface area contributed by atoms with E-state index >= 15 is 0 Å². The van der Waals surface area contributed by atoms with E-state index in [-0.39, 0.29) is 5.91 Å². The molecule has 4 nitrogen and oxygen atoms in total. The lowest BCUT2D eigenvalue weighted by Gasteiger charge is -2.10. The Kier molecular flexibility index (Phi) is 5.48. The maximum Gasteiger partial charge on any atom is 0.228 e. The zero-order valence-electron chi connectivity index (χ0n) is 17.6. The second-order valence-corrected chi connectivity index (χ2v) is 8.64. The third kappa shape index (κ3) is 4.29. The summed E-state index contributed by atoms with van der Waals surface area (Å²) in [5, 5.41) is 3.97. The molecule has 1 amide bonds. The van der Waals surface area contributed by atoms with Gasteiger partial charge in [-0.25, -0.2) is 9.97 Å². The molecule has 0 atom stereocenters. The van der Waals surface area contributed by atoms with Gasteiger partial charge in [-0.1, -0.05) is 65.9 Å². The van der Waals surface area contributed by atoms with E-state index in [1.54, 1.807) is 17.5 Å². The molecule has 156 valence electrons. The molecule has 0 unspecified atom stereocenters. The summed E-state index contributed by atoms with van der Waals surface area (Å²) >= 11 is 1.57. The molecule has 0 aliphatic rings. The predicted molar refractivity (Wildman–Crippen MR) is 132 cm³/mol. The van der Waals surface area contributed by atoms with Crippen LogP contribution in [0.25, 0.3) is 32.0 Å². The molecular weight excluding hydrogens is 414 g/mol. The number of thiazole rings is 1. The minimum absolute atomic E-state index is 0.0301. The molecule has 1 N–H and O–H groups in total. The van der Waals surface area contributed by atoms with Gasteiger partial charge in [0.05, 0.1) is 6.42 Å². The minimum Gasteiger partial charge on any atom is -0.326 e. The van der Waals surface area contributed by atoms with Crippen LogP contribution >= 0.6 is 11.3 Å². The number of anilines is 1. The van der Waals surface area contributed by atoms with Gasteiger partial charge in [0.25, 0.3) is 0 Å². The van der Waals surface area contributed by atoms with Gasteiger partial charge in [0, 0.05) is 17.4 Å². The highest BCUT2D eigenvalue weighted by Crippen LogP contribution is 2.31.